The Labute approximate surface area is 249 Å². The lowest BCUT2D eigenvalue weighted by Gasteiger charge is -2.23. The van der Waals surface area contributed by atoms with Crippen molar-refractivity contribution in [2.45, 2.75) is 18.9 Å². The molecule has 5 rings (SSSR count). The van der Waals surface area contributed by atoms with E-state index in [1.165, 1.54) is 11.8 Å². The normalized spacial score (nSPS) is 10.9. The number of thioether (sulfide) groups is 1. The Morgan fingerprint density at radius 2 is 1.24 bits per heavy atom. The standard InChI is InChI=1S/C34H31N3O4S/c1-3-36(29-19-9-14-24-12-5-7-16-26(24)29)31(38)22-41-34(40)28-18-11-21-35-33(28)42-23-32(39)37(4-2)30-20-10-15-25-13-6-8-17-27(25)30/h5-21H,3-4,22-23H2,1-2H3. The number of likely N-dealkylation sites (N-methyl/N-ethyl adjacent to an activating group) is 1. The molecule has 5 aromatic rings. The molecule has 0 aliphatic rings. The van der Waals surface area contributed by atoms with Gasteiger partial charge in [0.25, 0.3) is 5.91 Å². The second-order valence-electron chi connectivity index (χ2n) is 9.49. The summed E-state index contributed by atoms with van der Waals surface area (Å²) in [5, 5.41) is 4.39. The molecular weight excluding hydrogens is 546 g/mol. The van der Waals surface area contributed by atoms with Crippen LogP contribution in [0.3, 0.4) is 0 Å². The summed E-state index contributed by atoms with van der Waals surface area (Å²) in [4.78, 5) is 47.3. The van der Waals surface area contributed by atoms with Gasteiger partial charge in [0.1, 0.15) is 5.03 Å². The number of amides is 2. The molecule has 0 N–H and O–H groups in total. The van der Waals surface area contributed by atoms with Crippen molar-refractivity contribution in [3.05, 3.63) is 109 Å². The first-order valence-corrected chi connectivity index (χ1v) is 14.8. The van der Waals surface area contributed by atoms with E-state index in [1.54, 1.807) is 28.1 Å². The van der Waals surface area contributed by atoms with Crippen LogP contribution in [0.2, 0.25) is 0 Å². The average molecular weight is 578 g/mol. The van der Waals surface area contributed by atoms with Crippen molar-refractivity contribution in [1.82, 2.24) is 4.98 Å². The highest BCUT2D eigenvalue weighted by atomic mass is 32.2. The molecule has 0 fully saturated rings. The maximum absolute atomic E-state index is 13.3. The largest absolute Gasteiger partial charge is 0.452 e. The predicted molar refractivity (Wildman–Crippen MR) is 169 cm³/mol. The molecule has 0 saturated carbocycles. The van der Waals surface area contributed by atoms with Gasteiger partial charge in [-0.15, -0.1) is 0 Å². The molecule has 1 aromatic heterocycles. The fourth-order valence-corrected chi connectivity index (χ4v) is 5.86. The summed E-state index contributed by atoms with van der Waals surface area (Å²) in [7, 11) is 0. The van der Waals surface area contributed by atoms with E-state index in [1.807, 2.05) is 98.8 Å². The van der Waals surface area contributed by atoms with E-state index in [0.717, 1.165) is 32.9 Å². The van der Waals surface area contributed by atoms with Crippen molar-refractivity contribution in [2.75, 3.05) is 35.2 Å². The Balaban J connectivity index is 1.26. The van der Waals surface area contributed by atoms with Gasteiger partial charge in [0.2, 0.25) is 5.91 Å². The van der Waals surface area contributed by atoms with Gasteiger partial charge in [0.15, 0.2) is 6.61 Å². The van der Waals surface area contributed by atoms with E-state index in [0.29, 0.717) is 18.1 Å². The number of benzene rings is 4. The summed E-state index contributed by atoms with van der Waals surface area (Å²) in [6.07, 6.45) is 1.57. The summed E-state index contributed by atoms with van der Waals surface area (Å²) in [6.45, 7) is 4.32. The molecule has 0 aliphatic heterocycles. The monoisotopic (exact) mass is 577 g/mol. The van der Waals surface area contributed by atoms with Crippen LogP contribution >= 0.6 is 11.8 Å². The van der Waals surface area contributed by atoms with E-state index < -0.39 is 12.6 Å². The number of ether oxygens (including phenoxy) is 1. The van der Waals surface area contributed by atoms with E-state index >= 15 is 0 Å². The van der Waals surface area contributed by atoms with Crippen molar-refractivity contribution in [3.8, 4) is 0 Å². The van der Waals surface area contributed by atoms with E-state index in [4.69, 9.17) is 4.74 Å². The van der Waals surface area contributed by atoms with E-state index in [9.17, 15) is 14.4 Å². The summed E-state index contributed by atoms with van der Waals surface area (Å²) in [6, 6.07) is 30.7. The Morgan fingerprint density at radius 1 is 0.690 bits per heavy atom. The fraction of sp³-hybridized carbons (Fsp3) is 0.176. The number of hydrogen-bond acceptors (Lipinski definition) is 6. The van der Waals surface area contributed by atoms with Crippen LogP contribution in [0.4, 0.5) is 11.4 Å². The lowest BCUT2D eigenvalue weighted by atomic mass is 10.1. The van der Waals surface area contributed by atoms with E-state index in [-0.39, 0.29) is 23.1 Å². The first kappa shape index (κ1) is 28.8. The van der Waals surface area contributed by atoms with Gasteiger partial charge in [-0.2, -0.15) is 0 Å². The molecule has 42 heavy (non-hydrogen) atoms. The minimum atomic E-state index is -0.665. The molecule has 0 bridgehead atoms. The number of nitrogens with zero attached hydrogens (tertiary/aromatic N) is 3. The highest BCUT2D eigenvalue weighted by molar-refractivity contribution is 8.00. The molecule has 1 heterocycles. The number of esters is 1. The fourth-order valence-electron chi connectivity index (χ4n) is 5.00. The van der Waals surface area contributed by atoms with Crippen molar-refractivity contribution in [2.24, 2.45) is 0 Å². The number of carbonyl (C=O) groups is 3. The molecule has 4 aromatic carbocycles. The van der Waals surface area contributed by atoms with Gasteiger partial charge in [-0.05, 0) is 48.9 Å². The number of fused-ring (bicyclic) bond motifs is 2. The van der Waals surface area contributed by atoms with Crippen LogP contribution < -0.4 is 9.80 Å². The zero-order chi connectivity index (χ0) is 29.5. The molecule has 0 spiro atoms. The van der Waals surface area contributed by atoms with Crippen LogP contribution in [0.15, 0.2) is 108 Å². The van der Waals surface area contributed by atoms with Crippen molar-refractivity contribution >= 4 is 62.5 Å². The summed E-state index contributed by atoms with van der Waals surface area (Å²) in [5.74, 6) is -1.02. The molecule has 0 aliphatic carbocycles. The van der Waals surface area contributed by atoms with Crippen LogP contribution in [0.1, 0.15) is 24.2 Å². The SMILES string of the molecule is CCN(C(=O)COC(=O)c1cccnc1SCC(=O)N(CC)c1cccc2ccccc12)c1cccc2ccccc12. The maximum atomic E-state index is 13.3. The van der Waals surface area contributed by atoms with Crippen LogP contribution in [-0.2, 0) is 14.3 Å². The van der Waals surface area contributed by atoms with Gasteiger partial charge in [0.05, 0.1) is 22.7 Å². The quantitative estimate of drug-likeness (QED) is 0.135. The number of rotatable bonds is 10. The molecule has 0 atom stereocenters. The molecule has 0 radical (unpaired) electrons. The van der Waals surface area contributed by atoms with Gasteiger partial charge in [-0.3, -0.25) is 9.59 Å². The van der Waals surface area contributed by atoms with Gasteiger partial charge in [0, 0.05) is 30.1 Å². The number of carbonyl (C=O) groups excluding carboxylic acids is 3. The first-order valence-electron chi connectivity index (χ1n) is 13.8. The van der Waals surface area contributed by atoms with Crippen molar-refractivity contribution in [1.29, 1.82) is 0 Å². The van der Waals surface area contributed by atoms with Crippen LogP contribution in [0, 0.1) is 0 Å². The maximum Gasteiger partial charge on any atom is 0.341 e. The third kappa shape index (κ3) is 6.14. The third-order valence-electron chi connectivity index (χ3n) is 7.00. The number of hydrogen-bond donors (Lipinski definition) is 0. The van der Waals surface area contributed by atoms with Crippen molar-refractivity contribution < 1.29 is 19.1 Å². The molecule has 2 amide bonds. The number of anilines is 2. The molecule has 0 unspecified atom stereocenters. The van der Waals surface area contributed by atoms with Gasteiger partial charge >= 0.3 is 5.97 Å². The first-order chi connectivity index (χ1) is 20.5. The topological polar surface area (TPSA) is 79.8 Å². The van der Waals surface area contributed by atoms with Gasteiger partial charge in [-0.25, -0.2) is 9.78 Å². The van der Waals surface area contributed by atoms with Crippen LogP contribution in [-0.4, -0.2) is 48.2 Å². The second-order valence-corrected chi connectivity index (χ2v) is 10.5. The van der Waals surface area contributed by atoms with Gasteiger partial charge in [-0.1, -0.05) is 84.6 Å². The Morgan fingerprint density at radius 3 is 1.83 bits per heavy atom. The van der Waals surface area contributed by atoms with Gasteiger partial charge < -0.3 is 14.5 Å². The lowest BCUT2D eigenvalue weighted by Crippen LogP contribution is -2.34. The number of aromatic nitrogens is 1. The zero-order valence-corrected chi connectivity index (χ0v) is 24.3. The lowest BCUT2D eigenvalue weighted by molar-refractivity contribution is -0.121. The zero-order valence-electron chi connectivity index (χ0n) is 23.5. The molecular formula is C34H31N3O4S. The number of pyridine rings is 1. The highest BCUT2D eigenvalue weighted by Crippen LogP contribution is 2.29. The molecule has 0 saturated heterocycles. The Hall–Kier alpha value is -4.69. The Bertz CT molecular complexity index is 1750. The molecule has 7 nitrogen and oxygen atoms in total. The summed E-state index contributed by atoms with van der Waals surface area (Å²) < 4.78 is 5.46. The minimum Gasteiger partial charge on any atom is -0.452 e. The molecule has 212 valence electrons. The Kier molecular flexibility index (Phi) is 9.14. The second kappa shape index (κ2) is 13.3. The predicted octanol–water partition coefficient (Wildman–Crippen LogP) is 6.74. The molecule has 8 heteroatoms. The highest BCUT2D eigenvalue weighted by Gasteiger charge is 2.22. The van der Waals surface area contributed by atoms with Crippen LogP contribution in [0.25, 0.3) is 21.5 Å². The average Bonchev–Trinajstić information content (AvgIpc) is 3.03. The van der Waals surface area contributed by atoms with E-state index in [2.05, 4.69) is 4.98 Å². The summed E-state index contributed by atoms with van der Waals surface area (Å²) in [5.41, 5.74) is 1.82. The minimum absolute atomic E-state index is 0.0813. The third-order valence-corrected chi connectivity index (χ3v) is 7.99. The smallest absolute Gasteiger partial charge is 0.341 e. The summed E-state index contributed by atoms with van der Waals surface area (Å²) >= 11 is 1.17. The van der Waals surface area contributed by atoms with Crippen LogP contribution in [0.5, 0.6) is 0 Å². The van der Waals surface area contributed by atoms with Crippen molar-refractivity contribution in [3.63, 3.8) is 0 Å².